The molecule has 0 radical (unpaired) electrons. The zero-order valence-corrected chi connectivity index (χ0v) is 16.7. The summed E-state index contributed by atoms with van der Waals surface area (Å²) in [6.07, 6.45) is -0.121. The topological polar surface area (TPSA) is 44.3 Å². The Bertz CT molecular complexity index is 884. The van der Waals surface area contributed by atoms with E-state index in [1.165, 1.54) is 11.1 Å². The summed E-state index contributed by atoms with van der Waals surface area (Å²) in [5.74, 6) is 0.331. The van der Waals surface area contributed by atoms with Gasteiger partial charge in [0.1, 0.15) is 5.75 Å². The number of benzene rings is 3. The van der Waals surface area contributed by atoms with Gasteiger partial charge < -0.3 is 5.11 Å². The molecule has 0 aromatic heterocycles. The van der Waals surface area contributed by atoms with Crippen molar-refractivity contribution in [3.05, 3.63) is 101 Å². The zero-order chi connectivity index (χ0) is 19.7. The zero-order valence-electron chi connectivity index (χ0n) is 16.7. The number of phenols is 1. The Labute approximate surface area is 167 Å². The highest BCUT2D eigenvalue weighted by atomic mass is 16.3. The third kappa shape index (κ3) is 3.68. The molecule has 1 aliphatic rings. The maximum Gasteiger partial charge on any atom is 0.121 e. The molecule has 28 heavy (non-hydrogen) atoms. The van der Waals surface area contributed by atoms with Crippen LogP contribution in [0.1, 0.15) is 61.3 Å². The Balaban J connectivity index is 1.69. The molecule has 1 fully saturated rings. The van der Waals surface area contributed by atoms with Crippen LogP contribution in [0.4, 0.5) is 0 Å². The fourth-order valence-corrected chi connectivity index (χ4v) is 3.93. The van der Waals surface area contributed by atoms with Gasteiger partial charge in [-0.1, -0.05) is 93.6 Å². The summed E-state index contributed by atoms with van der Waals surface area (Å²) < 4.78 is 0. The van der Waals surface area contributed by atoms with Crippen LogP contribution in [0.2, 0.25) is 0 Å². The molecule has 1 aliphatic heterocycles. The summed E-state index contributed by atoms with van der Waals surface area (Å²) in [4.78, 5) is 0. The van der Waals surface area contributed by atoms with E-state index in [1.807, 2.05) is 24.3 Å². The molecule has 3 nitrogen and oxygen atoms in total. The Morgan fingerprint density at radius 1 is 0.714 bits per heavy atom. The van der Waals surface area contributed by atoms with Gasteiger partial charge in [0.15, 0.2) is 0 Å². The van der Waals surface area contributed by atoms with E-state index in [0.717, 1.165) is 11.1 Å². The third-order valence-electron chi connectivity index (χ3n) is 5.55. The van der Waals surface area contributed by atoms with E-state index in [0.29, 0.717) is 5.75 Å². The van der Waals surface area contributed by atoms with E-state index in [-0.39, 0.29) is 23.7 Å². The third-order valence-corrected chi connectivity index (χ3v) is 5.55. The predicted octanol–water partition coefficient (Wildman–Crippen LogP) is 5.36. The summed E-state index contributed by atoms with van der Waals surface area (Å²) in [5.41, 5.74) is 4.48. The molecule has 3 N–H and O–H groups in total. The molecule has 3 aromatic carbocycles. The molecule has 0 aliphatic carbocycles. The summed E-state index contributed by atoms with van der Waals surface area (Å²) in [7, 11) is 0. The highest BCUT2D eigenvalue weighted by molar-refractivity contribution is 5.42. The second-order valence-electron chi connectivity index (χ2n) is 8.57. The molecule has 0 saturated carbocycles. The minimum Gasteiger partial charge on any atom is -0.508 e. The molecule has 2 atom stereocenters. The maximum atomic E-state index is 10.7. The van der Waals surface area contributed by atoms with Crippen LogP contribution in [0.25, 0.3) is 0 Å². The Morgan fingerprint density at radius 2 is 1.21 bits per heavy atom. The average Bonchev–Trinajstić information content (AvgIpc) is 3.14. The van der Waals surface area contributed by atoms with Crippen LogP contribution in [0.5, 0.6) is 5.75 Å². The van der Waals surface area contributed by atoms with Gasteiger partial charge >= 0.3 is 0 Å². The smallest absolute Gasteiger partial charge is 0.121 e. The second-order valence-corrected chi connectivity index (χ2v) is 8.57. The van der Waals surface area contributed by atoms with Crippen LogP contribution in [0.3, 0.4) is 0 Å². The van der Waals surface area contributed by atoms with E-state index >= 15 is 0 Å². The second kappa shape index (κ2) is 7.42. The minimum absolute atomic E-state index is 0.00565. The van der Waals surface area contributed by atoms with E-state index in [4.69, 9.17) is 0 Å². The molecular formula is C25H28N2O. The number of hydrogen-bond acceptors (Lipinski definition) is 3. The molecule has 1 heterocycles. The summed E-state index contributed by atoms with van der Waals surface area (Å²) in [6, 6.07) is 27.3. The van der Waals surface area contributed by atoms with E-state index in [1.54, 1.807) is 0 Å². The van der Waals surface area contributed by atoms with Crippen molar-refractivity contribution in [2.24, 2.45) is 0 Å². The molecule has 0 spiro atoms. The van der Waals surface area contributed by atoms with Crippen molar-refractivity contribution in [1.82, 2.24) is 10.6 Å². The van der Waals surface area contributed by atoms with Crippen LogP contribution in [0, 0.1) is 0 Å². The van der Waals surface area contributed by atoms with Crippen LogP contribution in [-0.2, 0) is 5.41 Å². The van der Waals surface area contributed by atoms with Crippen molar-refractivity contribution in [3.8, 4) is 5.75 Å². The van der Waals surface area contributed by atoms with Crippen molar-refractivity contribution >= 4 is 0 Å². The lowest BCUT2D eigenvalue weighted by atomic mass is 9.86. The fraction of sp³-hybridized carbons (Fsp3) is 0.280. The molecule has 144 valence electrons. The highest BCUT2D eigenvalue weighted by Gasteiger charge is 2.36. The van der Waals surface area contributed by atoms with Crippen molar-refractivity contribution in [1.29, 1.82) is 0 Å². The Kier molecular flexibility index (Phi) is 4.96. The van der Waals surface area contributed by atoms with Gasteiger partial charge in [-0.05, 0) is 28.2 Å². The van der Waals surface area contributed by atoms with Crippen LogP contribution in [0.15, 0.2) is 78.9 Å². The van der Waals surface area contributed by atoms with Gasteiger partial charge in [0.25, 0.3) is 0 Å². The molecular weight excluding hydrogens is 344 g/mol. The fourth-order valence-electron chi connectivity index (χ4n) is 3.93. The number of aromatic hydroxyl groups is 1. The van der Waals surface area contributed by atoms with Gasteiger partial charge in [0.05, 0.1) is 18.2 Å². The van der Waals surface area contributed by atoms with Gasteiger partial charge in [-0.3, -0.25) is 10.6 Å². The predicted molar refractivity (Wildman–Crippen MR) is 114 cm³/mol. The first-order valence-electron chi connectivity index (χ1n) is 9.89. The quantitative estimate of drug-likeness (QED) is 0.580. The van der Waals surface area contributed by atoms with Crippen molar-refractivity contribution in [2.45, 2.75) is 44.4 Å². The summed E-state index contributed by atoms with van der Waals surface area (Å²) in [5, 5.41) is 18.1. The summed E-state index contributed by atoms with van der Waals surface area (Å²) >= 11 is 0. The Morgan fingerprint density at radius 3 is 1.64 bits per heavy atom. The maximum absolute atomic E-state index is 10.7. The van der Waals surface area contributed by atoms with Crippen LogP contribution < -0.4 is 10.6 Å². The molecule has 4 rings (SSSR count). The lowest BCUT2D eigenvalue weighted by Crippen LogP contribution is -2.23. The normalized spacial score (nSPS) is 20.4. The molecule has 0 bridgehead atoms. The first-order chi connectivity index (χ1) is 13.4. The lowest BCUT2D eigenvalue weighted by molar-refractivity contribution is 0.443. The molecule has 1 saturated heterocycles. The van der Waals surface area contributed by atoms with Gasteiger partial charge in [-0.15, -0.1) is 0 Å². The molecule has 0 amide bonds. The van der Waals surface area contributed by atoms with E-state index < -0.39 is 0 Å². The van der Waals surface area contributed by atoms with Crippen molar-refractivity contribution in [3.63, 3.8) is 0 Å². The SMILES string of the molecule is CC(C)(C)c1ccc(C2N[C@@H](c3ccccc3)[C@H](c3ccccc3)N2)c(O)c1. The van der Waals surface area contributed by atoms with Gasteiger partial charge in [-0.25, -0.2) is 0 Å². The van der Waals surface area contributed by atoms with Crippen LogP contribution in [-0.4, -0.2) is 5.11 Å². The van der Waals surface area contributed by atoms with Crippen molar-refractivity contribution < 1.29 is 5.11 Å². The molecule has 3 aromatic rings. The van der Waals surface area contributed by atoms with E-state index in [9.17, 15) is 5.11 Å². The lowest BCUT2D eigenvalue weighted by Gasteiger charge is -2.21. The van der Waals surface area contributed by atoms with Crippen LogP contribution >= 0.6 is 0 Å². The average molecular weight is 373 g/mol. The highest BCUT2D eigenvalue weighted by Crippen LogP contribution is 2.40. The largest absolute Gasteiger partial charge is 0.508 e. The molecule has 0 unspecified atom stereocenters. The molecule has 3 heteroatoms. The van der Waals surface area contributed by atoms with Gasteiger partial charge in [-0.2, -0.15) is 0 Å². The standard InChI is InChI=1S/C25H28N2O/c1-25(2,3)19-14-15-20(21(28)16-19)24-26-22(17-10-6-4-7-11-17)23(27-24)18-12-8-5-9-13-18/h4-16,22-24,26-28H,1-3H3/t22-,23-/m0/s1. The van der Waals surface area contributed by atoms with E-state index in [2.05, 4.69) is 86.0 Å². The number of phenolic OH excluding ortho intramolecular Hbond substituents is 1. The number of hydrogen-bond donors (Lipinski definition) is 3. The first-order valence-corrected chi connectivity index (χ1v) is 9.89. The van der Waals surface area contributed by atoms with Crippen molar-refractivity contribution in [2.75, 3.05) is 0 Å². The Hall–Kier alpha value is -2.62. The number of nitrogens with one attached hydrogen (secondary N) is 2. The summed E-state index contributed by atoms with van der Waals surface area (Å²) in [6.45, 7) is 6.47. The minimum atomic E-state index is -0.121. The first kappa shape index (κ1) is 18.7. The van der Waals surface area contributed by atoms with Gasteiger partial charge in [0.2, 0.25) is 0 Å². The van der Waals surface area contributed by atoms with Gasteiger partial charge in [0, 0.05) is 5.56 Å². The monoisotopic (exact) mass is 372 g/mol. The number of rotatable bonds is 3.